The predicted octanol–water partition coefficient (Wildman–Crippen LogP) is 4.45. The molecular formula is C12H25. The van der Waals surface area contributed by atoms with Crippen molar-refractivity contribution < 1.29 is 0 Å². The minimum Gasteiger partial charge on any atom is -0.0651 e. The molecule has 12 heavy (non-hydrogen) atoms. The van der Waals surface area contributed by atoms with Crippen LogP contribution in [0.25, 0.3) is 0 Å². The maximum absolute atomic E-state index is 3.87. The zero-order valence-corrected chi connectivity index (χ0v) is 9.10. The zero-order chi connectivity index (χ0) is 9.40. The van der Waals surface area contributed by atoms with Crippen LogP contribution in [0.5, 0.6) is 0 Å². The molecule has 0 amide bonds. The summed E-state index contributed by atoms with van der Waals surface area (Å²) < 4.78 is 0. The molecular weight excluding hydrogens is 144 g/mol. The van der Waals surface area contributed by atoms with Crippen molar-refractivity contribution in [1.29, 1.82) is 0 Å². The fourth-order valence-corrected chi connectivity index (χ4v) is 1.81. The Hall–Kier alpha value is 0. The van der Waals surface area contributed by atoms with Crippen LogP contribution in [0.4, 0.5) is 0 Å². The topological polar surface area (TPSA) is 0 Å². The summed E-state index contributed by atoms with van der Waals surface area (Å²) in [6, 6.07) is 0. The largest absolute Gasteiger partial charge is 0.0651 e. The van der Waals surface area contributed by atoms with Crippen molar-refractivity contribution in [2.45, 2.75) is 59.3 Å². The highest BCUT2D eigenvalue weighted by molar-refractivity contribution is 4.64. The third-order valence-electron chi connectivity index (χ3n) is 3.05. The molecule has 0 aliphatic heterocycles. The molecule has 1 radical (unpaired) electrons. The highest BCUT2D eigenvalue weighted by Gasteiger charge is 2.12. The molecule has 0 heterocycles. The summed E-state index contributed by atoms with van der Waals surface area (Å²) in [5.74, 6) is 1.88. The SMILES string of the molecule is [CH2]CCCCC(CC)C(C)CC. The van der Waals surface area contributed by atoms with Gasteiger partial charge in [0.2, 0.25) is 0 Å². The minimum absolute atomic E-state index is 0.916. The Balaban J connectivity index is 3.52. The van der Waals surface area contributed by atoms with Crippen molar-refractivity contribution in [3.8, 4) is 0 Å². The molecule has 0 aromatic carbocycles. The van der Waals surface area contributed by atoms with Gasteiger partial charge in [0.05, 0.1) is 0 Å². The van der Waals surface area contributed by atoms with E-state index in [4.69, 9.17) is 0 Å². The summed E-state index contributed by atoms with van der Waals surface area (Å²) >= 11 is 0. The number of hydrogen-bond acceptors (Lipinski definition) is 0. The van der Waals surface area contributed by atoms with Gasteiger partial charge in [-0.2, -0.15) is 0 Å². The van der Waals surface area contributed by atoms with Crippen LogP contribution in [0.1, 0.15) is 59.3 Å². The average molecular weight is 169 g/mol. The van der Waals surface area contributed by atoms with Crippen molar-refractivity contribution >= 4 is 0 Å². The molecule has 73 valence electrons. The van der Waals surface area contributed by atoms with E-state index in [2.05, 4.69) is 27.7 Å². The monoisotopic (exact) mass is 169 g/mol. The molecule has 0 N–H and O–H groups in total. The first kappa shape index (κ1) is 12.0. The highest BCUT2D eigenvalue weighted by Crippen LogP contribution is 2.24. The van der Waals surface area contributed by atoms with Gasteiger partial charge in [-0.15, -0.1) is 0 Å². The van der Waals surface area contributed by atoms with Crippen LogP contribution in [-0.2, 0) is 0 Å². The summed E-state index contributed by atoms with van der Waals surface area (Å²) in [5, 5.41) is 0. The van der Waals surface area contributed by atoms with Crippen molar-refractivity contribution in [1.82, 2.24) is 0 Å². The van der Waals surface area contributed by atoms with Gasteiger partial charge in [0.25, 0.3) is 0 Å². The van der Waals surface area contributed by atoms with E-state index < -0.39 is 0 Å². The molecule has 0 fully saturated rings. The lowest BCUT2D eigenvalue weighted by Gasteiger charge is -2.21. The lowest BCUT2D eigenvalue weighted by Crippen LogP contribution is -2.09. The Labute approximate surface area is 78.8 Å². The Bertz CT molecular complexity index is 86.0. The van der Waals surface area contributed by atoms with E-state index in [0.29, 0.717) is 0 Å². The van der Waals surface area contributed by atoms with Crippen molar-refractivity contribution in [3.05, 3.63) is 6.92 Å². The zero-order valence-electron chi connectivity index (χ0n) is 9.10. The number of unbranched alkanes of at least 4 members (excludes halogenated alkanes) is 2. The standard InChI is InChI=1S/C12H25/c1-5-8-9-10-12(7-3)11(4)6-2/h11-12H,1,5-10H2,2-4H3. The van der Waals surface area contributed by atoms with Crippen LogP contribution in [-0.4, -0.2) is 0 Å². The molecule has 0 aromatic rings. The quantitative estimate of drug-likeness (QED) is 0.494. The molecule has 0 bridgehead atoms. The van der Waals surface area contributed by atoms with Crippen molar-refractivity contribution in [2.75, 3.05) is 0 Å². The van der Waals surface area contributed by atoms with E-state index in [1.54, 1.807) is 0 Å². The molecule has 0 nitrogen and oxygen atoms in total. The van der Waals surface area contributed by atoms with E-state index in [1.165, 1.54) is 32.1 Å². The number of rotatable bonds is 7. The fraction of sp³-hybridized carbons (Fsp3) is 0.917. The summed E-state index contributed by atoms with van der Waals surface area (Å²) in [6.07, 6.45) is 7.91. The Kier molecular flexibility index (Phi) is 7.64. The smallest absolute Gasteiger partial charge is 0.0391 e. The minimum atomic E-state index is 0.916. The average Bonchev–Trinajstić information content (AvgIpc) is 2.11. The molecule has 2 atom stereocenters. The van der Waals surface area contributed by atoms with Gasteiger partial charge < -0.3 is 0 Å². The number of hydrogen-bond donors (Lipinski definition) is 0. The molecule has 0 rings (SSSR count). The van der Waals surface area contributed by atoms with Crippen LogP contribution in [0.15, 0.2) is 0 Å². The van der Waals surface area contributed by atoms with E-state index in [9.17, 15) is 0 Å². The molecule has 0 saturated carbocycles. The highest BCUT2D eigenvalue weighted by atomic mass is 14.2. The van der Waals surface area contributed by atoms with Gasteiger partial charge in [-0.25, -0.2) is 0 Å². The molecule has 0 aliphatic rings. The molecule has 0 saturated heterocycles. The first-order valence-electron chi connectivity index (χ1n) is 5.55. The van der Waals surface area contributed by atoms with Crippen LogP contribution in [0.2, 0.25) is 0 Å². The summed E-state index contributed by atoms with van der Waals surface area (Å²) in [4.78, 5) is 0. The van der Waals surface area contributed by atoms with E-state index >= 15 is 0 Å². The van der Waals surface area contributed by atoms with Crippen LogP contribution < -0.4 is 0 Å². The van der Waals surface area contributed by atoms with E-state index in [0.717, 1.165) is 18.3 Å². The fourth-order valence-electron chi connectivity index (χ4n) is 1.81. The normalized spacial score (nSPS) is 16.0. The van der Waals surface area contributed by atoms with Crippen LogP contribution in [0.3, 0.4) is 0 Å². The predicted molar refractivity (Wildman–Crippen MR) is 57.1 cm³/mol. The summed E-state index contributed by atoms with van der Waals surface area (Å²) in [6.45, 7) is 10.9. The maximum atomic E-state index is 3.87. The van der Waals surface area contributed by atoms with Gasteiger partial charge in [0, 0.05) is 0 Å². The third-order valence-corrected chi connectivity index (χ3v) is 3.05. The molecule has 0 heteroatoms. The third kappa shape index (κ3) is 4.79. The molecule has 0 aliphatic carbocycles. The van der Waals surface area contributed by atoms with Gasteiger partial charge in [0.1, 0.15) is 0 Å². The van der Waals surface area contributed by atoms with E-state index in [-0.39, 0.29) is 0 Å². The second-order valence-electron chi connectivity index (χ2n) is 3.90. The summed E-state index contributed by atoms with van der Waals surface area (Å²) in [7, 11) is 0. The summed E-state index contributed by atoms with van der Waals surface area (Å²) in [5.41, 5.74) is 0. The lowest BCUT2D eigenvalue weighted by molar-refractivity contribution is 0.309. The lowest BCUT2D eigenvalue weighted by atomic mass is 9.85. The maximum Gasteiger partial charge on any atom is -0.0391 e. The Morgan fingerprint density at radius 3 is 2.17 bits per heavy atom. The van der Waals surface area contributed by atoms with Gasteiger partial charge in [-0.05, 0) is 11.8 Å². The first-order chi connectivity index (χ1) is 5.76. The molecule has 2 unspecified atom stereocenters. The Morgan fingerprint density at radius 1 is 1.08 bits per heavy atom. The second-order valence-corrected chi connectivity index (χ2v) is 3.90. The van der Waals surface area contributed by atoms with Gasteiger partial charge >= 0.3 is 0 Å². The van der Waals surface area contributed by atoms with Gasteiger partial charge in [-0.1, -0.05) is 66.2 Å². The van der Waals surface area contributed by atoms with Gasteiger partial charge in [0.15, 0.2) is 0 Å². The molecule has 0 aromatic heterocycles. The van der Waals surface area contributed by atoms with Crippen molar-refractivity contribution in [2.24, 2.45) is 11.8 Å². The second kappa shape index (κ2) is 7.64. The first-order valence-corrected chi connectivity index (χ1v) is 5.55. The molecule has 0 spiro atoms. The van der Waals surface area contributed by atoms with Crippen LogP contribution in [0, 0.1) is 18.8 Å². The van der Waals surface area contributed by atoms with E-state index in [1.807, 2.05) is 0 Å². The van der Waals surface area contributed by atoms with Gasteiger partial charge in [-0.3, -0.25) is 0 Å². The van der Waals surface area contributed by atoms with Crippen LogP contribution >= 0.6 is 0 Å². The Morgan fingerprint density at radius 2 is 1.75 bits per heavy atom. The van der Waals surface area contributed by atoms with Crippen molar-refractivity contribution in [3.63, 3.8) is 0 Å².